The third kappa shape index (κ3) is 5.41. The first-order chi connectivity index (χ1) is 16.8. The SMILES string of the molecule is O=C(O)COc1cccc2c1CCC(O)(COC(=O)N(c1ccccc1F)c1ccccc1F)C2. The average Bonchev–Trinajstić information content (AvgIpc) is 2.83. The highest BCUT2D eigenvalue weighted by atomic mass is 19.1. The standard InChI is InChI=1S/C26H23F2NO6/c27-19-7-1-3-9-21(19)29(22-10-4-2-8-20(22)28)25(32)35-16-26(33)13-12-18-17(14-26)6-5-11-23(18)34-15-24(30)31/h1-11,33H,12-16H2,(H,30,31). The minimum atomic E-state index is -1.43. The number of hydrogen-bond acceptors (Lipinski definition) is 5. The maximum absolute atomic E-state index is 14.5. The minimum absolute atomic E-state index is 0.124. The number of halogens is 2. The molecule has 3 aromatic carbocycles. The van der Waals surface area contributed by atoms with E-state index in [9.17, 15) is 23.5 Å². The van der Waals surface area contributed by atoms with Gasteiger partial charge in [-0.05, 0) is 54.3 Å². The van der Waals surface area contributed by atoms with Crippen LogP contribution in [0.15, 0.2) is 66.7 Å². The van der Waals surface area contributed by atoms with E-state index in [2.05, 4.69) is 0 Å². The molecule has 0 aliphatic heterocycles. The molecule has 1 aliphatic carbocycles. The maximum atomic E-state index is 14.5. The Bertz CT molecular complexity index is 1200. The molecule has 3 aromatic rings. The van der Waals surface area contributed by atoms with E-state index < -0.39 is 42.5 Å². The van der Waals surface area contributed by atoms with Crippen molar-refractivity contribution >= 4 is 23.4 Å². The summed E-state index contributed by atoms with van der Waals surface area (Å²) in [7, 11) is 0. The molecular weight excluding hydrogens is 460 g/mol. The molecule has 1 amide bonds. The predicted molar refractivity (Wildman–Crippen MR) is 123 cm³/mol. The van der Waals surface area contributed by atoms with E-state index in [0.717, 1.165) is 28.2 Å². The van der Waals surface area contributed by atoms with Gasteiger partial charge in [-0.1, -0.05) is 36.4 Å². The molecule has 1 unspecified atom stereocenters. The summed E-state index contributed by atoms with van der Waals surface area (Å²) in [5.41, 5.74) is -0.293. The molecule has 1 atom stereocenters. The zero-order chi connectivity index (χ0) is 25.0. The third-order valence-corrected chi connectivity index (χ3v) is 5.77. The van der Waals surface area contributed by atoms with E-state index in [1.807, 2.05) is 0 Å². The van der Waals surface area contributed by atoms with Gasteiger partial charge in [-0.15, -0.1) is 0 Å². The fourth-order valence-corrected chi connectivity index (χ4v) is 4.11. The number of rotatable bonds is 7. The minimum Gasteiger partial charge on any atom is -0.482 e. The van der Waals surface area contributed by atoms with Crippen molar-refractivity contribution in [1.82, 2.24) is 0 Å². The van der Waals surface area contributed by atoms with Gasteiger partial charge in [0.1, 0.15) is 29.6 Å². The molecule has 9 heteroatoms. The number of aliphatic hydroxyl groups is 1. The Morgan fingerprint density at radius 3 is 2.17 bits per heavy atom. The van der Waals surface area contributed by atoms with Gasteiger partial charge in [-0.25, -0.2) is 23.3 Å². The Balaban J connectivity index is 1.53. The van der Waals surface area contributed by atoms with E-state index in [-0.39, 0.29) is 24.2 Å². The number of anilines is 2. The number of carboxylic acids is 1. The Kier molecular flexibility index (Phi) is 6.97. The van der Waals surface area contributed by atoms with E-state index in [1.54, 1.807) is 18.2 Å². The number of amides is 1. The molecule has 0 aromatic heterocycles. The zero-order valence-corrected chi connectivity index (χ0v) is 18.6. The number of carboxylic acid groups (broad SMARTS) is 1. The molecule has 0 saturated heterocycles. The summed E-state index contributed by atoms with van der Waals surface area (Å²) in [4.78, 5) is 24.7. The van der Waals surface area contributed by atoms with Crippen molar-refractivity contribution in [2.45, 2.75) is 24.9 Å². The lowest BCUT2D eigenvalue weighted by molar-refractivity contribution is -0.139. The highest BCUT2D eigenvalue weighted by molar-refractivity contribution is 5.96. The summed E-state index contributed by atoms with van der Waals surface area (Å²) in [6, 6.07) is 16.0. The van der Waals surface area contributed by atoms with Crippen LogP contribution in [0.4, 0.5) is 25.0 Å². The van der Waals surface area contributed by atoms with Crippen molar-refractivity contribution in [2.75, 3.05) is 18.1 Å². The molecule has 4 rings (SSSR count). The monoisotopic (exact) mass is 483 g/mol. The lowest BCUT2D eigenvalue weighted by Crippen LogP contribution is -2.43. The molecule has 7 nitrogen and oxygen atoms in total. The van der Waals surface area contributed by atoms with Crippen LogP contribution in [0.3, 0.4) is 0 Å². The Hall–Kier alpha value is -3.98. The zero-order valence-electron chi connectivity index (χ0n) is 18.6. The first-order valence-corrected chi connectivity index (χ1v) is 10.9. The van der Waals surface area contributed by atoms with Crippen molar-refractivity contribution < 1.29 is 38.1 Å². The quantitative estimate of drug-likeness (QED) is 0.509. The fraction of sp³-hybridized carbons (Fsp3) is 0.231. The number of aliphatic carboxylic acids is 1. The summed E-state index contributed by atoms with van der Waals surface area (Å²) in [5.74, 6) is -2.16. The van der Waals surface area contributed by atoms with Gasteiger partial charge < -0.3 is 19.7 Å². The average molecular weight is 483 g/mol. The lowest BCUT2D eigenvalue weighted by Gasteiger charge is -2.34. The number of carbonyl (C=O) groups excluding carboxylic acids is 1. The molecule has 0 saturated carbocycles. The van der Waals surface area contributed by atoms with Crippen LogP contribution in [-0.4, -0.2) is 41.1 Å². The van der Waals surface area contributed by atoms with Crippen LogP contribution in [0.5, 0.6) is 5.75 Å². The second-order valence-corrected chi connectivity index (χ2v) is 8.27. The highest BCUT2D eigenvalue weighted by Gasteiger charge is 2.36. The van der Waals surface area contributed by atoms with E-state index >= 15 is 0 Å². The van der Waals surface area contributed by atoms with Crippen LogP contribution in [0, 0.1) is 11.6 Å². The number of hydrogen-bond donors (Lipinski definition) is 2. The molecule has 2 N–H and O–H groups in total. The highest BCUT2D eigenvalue weighted by Crippen LogP contribution is 2.35. The maximum Gasteiger partial charge on any atom is 0.419 e. The Morgan fingerprint density at radius 2 is 1.57 bits per heavy atom. The van der Waals surface area contributed by atoms with Crippen molar-refractivity contribution in [3.63, 3.8) is 0 Å². The first kappa shape index (κ1) is 24.2. The molecule has 35 heavy (non-hydrogen) atoms. The van der Waals surface area contributed by atoms with Gasteiger partial charge in [0.25, 0.3) is 0 Å². The number of benzene rings is 3. The van der Waals surface area contributed by atoms with E-state index in [4.69, 9.17) is 14.6 Å². The molecule has 1 aliphatic rings. The normalized spacial score (nSPS) is 16.8. The molecule has 0 radical (unpaired) electrons. The smallest absolute Gasteiger partial charge is 0.419 e. The topological polar surface area (TPSA) is 96.3 Å². The van der Waals surface area contributed by atoms with Gasteiger partial charge in [0.15, 0.2) is 6.61 Å². The van der Waals surface area contributed by atoms with Crippen LogP contribution in [0.25, 0.3) is 0 Å². The number of fused-ring (bicyclic) bond motifs is 1. The van der Waals surface area contributed by atoms with Crippen LogP contribution < -0.4 is 9.64 Å². The van der Waals surface area contributed by atoms with Gasteiger partial charge >= 0.3 is 12.1 Å². The van der Waals surface area contributed by atoms with Gasteiger partial charge in [-0.3, -0.25) is 0 Å². The molecule has 0 fully saturated rings. The first-order valence-electron chi connectivity index (χ1n) is 10.9. The van der Waals surface area contributed by atoms with Gasteiger partial charge in [0.2, 0.25) is 0 Å². The number of nitrogens with zero attached hydrogens (tertiary/aromatic N) is 1. The second-order valence-electron chi connectivity index (χ2n) is 8.27. The second kappa shape index (κ2) is 10.1. The van der Waals surface area contributed by atoms with Crippen molar-refractivity contribution in [2.24, 2.45) is 0 Å². The molecule has 182 valence electrons. The summed E-state index contributed by atoms with van der Waals surface area (Å²) in [5, 5.41) is 20.0. The van der Waals surface area contributed by atoms with E-state index in [1.165, 1.54) is 36.4 Å². The van der Waals surface area contributed by atoms with Crippen LogP contribution >= 0.6 is 0 Å². The largest absolute Gasteiger partial charge is 0.482 e. The van der Waals surface area contributed by atoms with Crippen LogP contribution in [0.1, 0.15) is 17.5 Å². The van der Waals surface area contributed by atoms with Crippen molar-refractivity contribution in [3.8, 4) is 5.75 Å². The summed E-state index contributed by atoms with van der Waals surface area (Å²) >= 11 is 0. The number of para-hydroxylation sites is 2. The lowest BCUT2D eigenvalue weighted by atomic mass is 9.80. The predicted octanol–water partition coefficient (Wildman–Crippen LogP) is 4.62. The van der Waals surface area contributed by atoms with Crippen LogP contribution in [0.2, 0.25) is 0 Å². The summed E-state index contributed by atoms with van der Waals surface area (Å²) < 4.78 is 39.8. The van der Waals surface area contributed by atoms with Crippen molar-refractivity contribution in [3.05, 3.63) is 89.5 Å². The fourth-order valence-electron chi connectivity index (χ4n) is 4.11. The molecule has 0 spiro atoms. The summed E-state index contributed by atoms with van der Waals surface area (Å²) in [6.45, 7) is -0.898. The molecular formula is C26H23F2NO6. The van der Waals surface area contributed by atoms with E-state index in [0.29, 0.717) is 12.2 Å². The molecule has 0 heterocycles. The number of ether oxygens (including phenoxy) is 2. The number of carbonyl (C=O) groups is 2. The van der Waals surface area contributed by atoms with Gasteiger partial charge in [0, 0.05) is 6.42 Å². The van der Waals surface area contributed by atoms with Gasteiger partial charge in [-0.2, -0.15) is 0 Å². The molecule has 0 bridgehead atoms. The Labute approximate surface area is 200 Å². The van der Waals surface area contributed by atoms with Gasteiger partial charge in [0.05, 0.1) is 11.4 Å². The van der Waals surface area contributed by atoms with Crippen LogP contribution in [-0.2, 0) is 22.4 Å². The summed E-state index contributed by atoms with van der Waals surface area (Å²) in [6.07, 6.45) is -0.346. The third-order valence-electron chi connectivity index (χ3n) is 5.77. The Morgan fingerprint density at radius 1 is 0.943 bits per heavy atom. The van der Waals surface area contributed by atoms with Crippen molar-refractivity contribution in [1.29, 1.82) is 0 Å².